The number of nitrogens with zero attached hydrogens (tertiary/aromatic N) is 3. The number of nitrogens with one attached hydrogen (secondary N) is 2. The van der Waals surface area contributed by atoms with Crippen molar-refractivity contribution in [2.75, 3.05) is 32.5 Å². The van der Waals surface area contributed by atoms with Crippen LogP contribution < -0.4 is 10.6 Å². The molecule has 1 atom stereocenters. The Labute approximate surface area is 199 Å². The fraction of sp³-hybridized carbons (Fsp3) is 0.560. The maximum absolute atomic E-state index is 14.2. The van der Waals surface area contributed by atoms with E-state index in [-0.39, 0.29) is 41.7 Å². The summed E-state index contributed by atoms with van der Waals surface area (Å²) in [5.74, 6) is -1.34. The molecule has 1 aliphatic heterocycles. The minimum absolute atomic E-state index is 0.107. The van der Waals surface area contributed by atoms with Gasteiger partial charge < -0.3 is 25.0 Å². The quantitative estimate of drug-likeness (QED) is 0.678. The van der Waals surface area contributed by atoms with Gasteiger partial charge in [0.25, 0.3) is 5.91 Å². The Morgan fingerprint density at radius 1 is 1.21 bits per heavy atom. The first-order chi connectivity index (χ1) is 16.1. The number of hydrogen-bond donors (Lipinski definition) is 2. The average molecular weight is 472 g/mol. The largest absolute Gasteiger partial charge is 0.351 e. The lowest BCUT2D eigenvalue weighted by atomic mass is 9.91. The van der Waals surface area contributed by atoms with Gasteiger partial charge in [-0.1, -0.05) is 19.3 Å². The smallest absolute Gasteiger partial charge is 0.273 e. The molecule has 3 amide bonds. The normalized spacial score (nSPS) is 21.1. The first-order valence-corrected chi connectivity index (χ1v) is 12.0. The third kappa shape index (κ3) is 4.41. The Kier molecular flexibility index (Phi) is 6.66. The SMILES string of the molecule is CC(=O)Nc1c2n(c3ccc(F)cc13)CC(C)(C(=O)NC1CCCCC1)N(CCN(C)C)C2=O. The minimum Gasteiger partial charge on any atom is -0.351 e. The van der Waals surface area contributed by atoms with E-state index in [2.05, 4.69) is 10.6 Å². The van der Waals surface area contributed by atoms with Crippen molar-refractivity contribution in [2.45, 2.75) is 64.1 Å². The van der Waals surface area contributed by atoms with Gasteiger partial charge in [0, 0.05) is 31.4 Å². The third-order valence-electron chi connectivity index (χ3n) is 7.04. The molecule has 1 unspecified atom stereocenters. The molecule has 1 aromatic carbocycles. The van der Waals surface area contributed by atoms with E-state index in [4.69, 9.17) is 0 Å². The Hall–Kier alpha value is -2.94. The summed E-state index contributed by atoms with van der Waals surface area (Å²) in [4.78, 5) is 43.2. The molecule has 2 N–H and O–H groups in total. The Balaban J connectivity index is 1.82. The highest BCUT2D eigenvalue weighted by Crippen LogP contribution is 2.39. The Morgan fingerprint density at radius 2 is 1.91 bits per heavy atom. The fourth-order valence-electron chi connectivity index (χ4n) is 5.19. The van der Waals surface area contributed by atoms with E-state index in [9.17, 15) is 18.8 Å². The van der Waals surface area contributed by atoms with Crippen molar-refractivity contribution in [1.82, 2.24) is 19.7 Å². The highest BCUT2D eigenvalue weighted by molar-refractivity contribution is 6.14. The molecule has 0 bridgehead atoms. The van der Waals surface area contributed by atoms with Crippen LogP contribution in [0.2, 0.25) is 0 Å². The van der Waals surface area contributed by atoms with Crippen LogP contribution in [0.25, 0.3) is 10.9 Å². The lowest BCUT2D eigenvalue weighted by Gasteiger charge is -2.45. The number of carbonyl (C=O) groups excluding carboxylic acids is 3. The van der Waals surface area contributed by atoms with Gasteiger partial charge in [-0.3, -0.25) is 14.4 Å². The van der Waals surface area contributed by atoms with Gasteiger partial charge in [-0.15, -0.1) is 0 Å². The van der Waals surface area contributed by atoms with Crippen molar-refractivity contribution >= 4 is 34.3 Å². The second-order valence-corrected chi connectivity index (χ2v) is 9.99. The van der Waals surface area contributed by atoms with Gasteiger partial charge in [-0.05, 0) is 52.1 Å². The van der Waals surface area contributed by atoms with Gasteiger partial charge in [-0.2, -0.15) is 0 Å². The van der Waals surface area contributed by atoms with E-state index in [1.807, 2.05) is 19.0 Å². The van der Waals surface area contributed by atoms with E-state index >= 15 is 0 Å². The average Bonchev–Trinajstić information content (AvgIpc) is 3.05. The van der Waals surface area contributed by atoms with Crippen molar-refractivity contribution in [3.8, 4) is 0 Å². The van der Waals surface area contributed by atoms with E-state index in [1.54, 1.807) is 22.5 Å². The van der Waals surface area contributed by atoms with Crippen LogP contribution in [0.5, 0.6) is 0 Å². The molecule has 1 saturated carbocycles. The van der Waals surface area contributed by atoms with Crippen LogP contribution in [-0.2, 0) is 16.1 Å². The molecule has 184 valence electrons. The number of halogens is 1. The predicted octanol–water partition coefficient (Wildman–Crippen LogP) is 2.96. The zero-order chi connectivity index (χ0) is 24.6. The van der Waals surface area contributed by atoms with E-state index < -0.39 is 11.4 Å². The number of benzene rings is 1. The Morgan fingerprint density at radius 3 is 2.56 bits per heavy atom. The lowest BCUT2D eigenvalue weighted by molar-refractivity contribution is -0.133. The fourth-order valence-corrected chi connectivity index (χ4v) is 5.19. The van der Waals surface area contributed by atoms with E-state index in [0.29, 0.717) is 24.0 Å². The van der Waals surface area contributed by atoms with Crippen molar-refractivity contribution in [3.05, 3.63) is 29.7 Å². The molecule has 0 radical (unpaired) electrons. The number of fused-ring (bicyclic) bond motifs is 3. The topological polar surface area (TPSA) is 86.7 Å². The first kappa shape index (κ1) is 24.2. The number of rotatable bonds is 6. The van der Waals surface area contributed by atoms with E-state index in [0.717, 1.165) is 25.7 Å². The minimum atomic E-state index is -1.13. The molecule has 1 aromatic heterocycles. The molecule has 8 nitrogen and oxygen atoms in total. The van der Waals surface area contributed by atoms with Gasteiger partial charge in [0.05, 0.1) is 17.7 Å². The number of amides is 3. The van der Waals surface area contributed by atoms with Crippen molar-refractivity contribution in [3.63, 3.8) is 0 Å². The first-order valence-electron chi connectivity index (χ1n) is 12.0. The van der Waals surface area contributed by atoms with Crippen molar-refractivity contribution in [1.29, 1.82) is 0 Å². The van der Waals surface area contributed by atoms with Crippen molar-refractivity contribution < 1.29 is 18.8 Å². The molecule has 2 aliphatic rings. The van der Waals surface area contributed by atoms with E-state index in [1.165, 1.54) is 25.5 Å². The summed E-state index contributed by atoms with van der Waals surface area (Å²) in [7, 11) is 3.83. The number of aromatic nitrogens is 1. The zero-order valence-electron chi connectivity index (χ0n) is 20.4. The second kappa shape index (κ2) is 9.37. The molecular weight excluding hydrogens is 437 g/mol. The summed E-state index contributed by atoms with van der Waals surface area (Å²) in [5, 5.41) is 6.39. The summed E-state index contributed by atoms with van der Waals surface area (Å²) in [5.41, 5.74) is 0.0392. The van der Waals surface area contributed by atoms with Crippen molar-refractivity contribution in [2.24, 2.45) is 0 Å². The molecule has 4 rings (SSSR count). The molecule has 2 aromatic rings. The summed E-state index contributed by atoms with van der Waals surface area (Å²) in [6.07, 6.45) is 5.23. The summed E-state index contributed by atoms with van der Waals surface area (Å²) in [6, 6.07) is 4.36. The van der Waals surface area contributed by atoms with Gasteiger partial charge in [0.2, 0.25) is 11.8 Å². The maximum atomic E-state index is 14.2. The highest BCUT2D eigenvalue weighted by Gasteiger charge is 2.49. The molecule has 2 heterocycles. The standard InChI is InChI=1S/C25H34FN5O3/c1-16(32)27-21-19-14-17(26)10-11-20(19)30-15-25(2,24(34)28-18-8-6-5-7-9-18)31(13-12-29(3)4)23(33)22(21)30/h10-11,14,18H,5-9,12-13,15H2,1-4H3,(H,27,32)(H,28,34). The zero-order valence-corrected chi connectivity index (χ0v) is 20.4. The molecule has 9 heteroatoms. The summed E-state index contributed by atoms with van der Waals surface area (Å²) < 4.78 is 15.9. The third-order valence-corrected chi connectivity index (χ3v) is 7.04. The molecule has 34 heavy (non-hydrogen) atoms. The number of hydrogen-bond acceptors (Lipinski definition) is 4. The molecular formula is C25H34FN5O3. The predicted molar refractivity (Wildman–Crippen MR) is 129 cm³/mol. The molecule has 0 spiro atoms. The summed E-state index contributed by atoms with van der Waals surface area (Å²) in [6.45, 7) is 4.28. The van der Waals surface area contributed by atoms with Gasteiger partial charge in [0.1, 0.15) is 17.1 Å². The van der Waals surface area contributed by atoms with Crippen LogP contribution in [0, 0.1) is 5.82 Å². The highest BCUT2D eigenvalue weighted by atomic mass is 19.1. The van der Waals surface area contributed by atoms with Crippen LogP contribution in [0.3, 0.4) is 0 Å². The van der Waals surface area contributed by atoms with Gasteiger partial charge in [-0.25, -0.2) is 4.39 Å². The molecule has 1 fully saturated rings. The molecule has 0 saturated heterocycles. The van der Waals surface area contributed by atoms with Crippen LogP contribution in [0.1, 0.15) is 56.4 Å². The molecule has 1 aliphatic carbocycles. The van der Waals surface area contributed by atoms with Crippen LogP contribution in [-0.4, -0.2) is 70.9 Å². The lowest BCUT2D eigenvalue weighted by Crippen LogP contribution is -2.65. The van der Waals surface area contributed by atoms with Crippen LogP contribution in [0.15, 0.2) is 18.2 Å². The number of carbonyl (C=O) groups is 3. The van der Waals surface area contributed by atoms with Gasteiger partial charge >= 0.3 is 0 Å². The maximum Gasteiger partial charge on any atom is 0.273 e. The number of anilines is 1. The summed E-state index contributed by atoms with van der Waals surface area (Å²) >= 11 is 0. The van der Waals surface area contributed by atoms with Gasteiger partial charge in [0.15, 0.2) is 0 Å². The number of likely N-dealkylation sites (N-methyl/N-ethyl adjacent to an activating group) is 1. The second-order valence-electron chi connectivity index (χ2n) is 9.99. The Bertz CT molecular complexity index is 1120. The monoisotopic (exact) mass is 471 g/mol. The van der Waals surface area contributed by atoms with Crippen LogP contribution >= 0.6 is 0 Å². The van der Waals surface area contributed by atoms with Crippen LogP contribution in [0.4, 0.5) is 10.1 Å².